The van der Waals surface area contributed by atoms with Crippen molar-refractivity contribution in [2.24, 2.45) is 0 Å². The molecule has 1 heterocycles. The van der Waals surface area contributed by atoms with Gasteiger partial charge in [0, 0.05) is 16.8 Å². The monoisotopic (exact) mass is 438 g/mol. The Morgan fingerprint density at radius 3 is 2.39 bits per heavy atom. The fraction of sp³-hybridized carbons (Fsp3) is 0.348. The summed E-state index contributed by atoms with van der Waals surface area (Å²) in [5.41, 5.74) is -3.20. The van der Waals surface area contributed by atoms with Crippen LogP contribution in [0.3, 0.4) is 0 Å². The molecule has 0 fully saturated rings. The zero-order valence-electron chi connectivity index (χ0n) is 17.3. The van der Waals surface area contributed by atoms with E-state index in [0.717, 1.165) is 23.9 Å². The maximum Gasteiger partial charge on any atom is 0.418 e. The van der Waals surface area contributed by atoms with Crippen LogP contribution in [-0.4, -0.2) is 28.4 Å². The molecular formula is C23H23F5N2O. The van der Waals surface area contributed by atoms with E-state index in [4.69, 9.17) is 0 Å². The molecule has 3 rings (SSSR count). The highest BCUT2D eigenvalue weighted by Gasteiger charge is 2.56. The van der Waals surface area contributed by atoms with E-state index in [1.165, 1.54) is 13.8 Å². The third kappa shape index (κ3) is 4.79. The van der Waals surface area contributed by atoms with Gasteiger partial charge < -0.3 is 10.4 Å². The van der Waals surface area contributed by atoms with Gasteiger partial charge in [-0.3, -0.25) is 4.98 Å². The first-order chi connectivity index (χ1) is 14.3. The Balaban J connectivity index is 1.92. The van der Waals surface area contributed by atoms with Crippen molar-refractivity contribution < 1.29 is 27.1 Å². The molecule has 0 saturated carbocycles. The van der Waals surface area contributed by atoms with Gasteiger partial charge in [0.2, 0.25) is 0 Å². The van der Waals surface area contributed by atoms with Crippen molar-refractivity contribution in [1.29, 1.82) is 0 Å². The van der Waals surface area contributed by atoms with Crippen LogP contribution in [0.25, 0.3) is 10.9 Å². The molecule has 1 aromatic heterocycles. The standard InChI is InChI=1S/C23H23F5N2O/c1-14-7-9-16-19(5-4-6-20(16)30-14)29-13-22(31,23(26,27)28)12-21(2,3)17-11-15(24)8-10-18(17)25/h4-11,29,31H,12-13H2,1-3H3. The summed E-state index contributed by atoms with van der Waals surface area (Å²) in [6, 6.07) is 11.1. The number of aryl methyl sites for hydroxylation is 1. The van der Waals surface area contributed by atoms with Gasteiger partial charge in [0.05, 0.1) is 12.1 Å². The number of hydrogen-bond acceptors (Lipinski definition) is 3. The number of hydrogen-bond donors (Lipinski definition) is 2. The second-order valence-corrected chi connectivity index (χ2v) is 8.39. The summed E-state index contributed by atoms with van der Waals surface area (Å²) in [6.45, 7) is 3.61. The van der Waals surface area contributed by atoms with Crippen molar-refractivity contribution in [2.45, 2.75) is 44.4 Å². The van der Waals surface area contributed by atoms with E-state index >= 15 is 0 Å². The number of anilines is 1. The summed E-state index contributed by atoms with van der Waals surface area (Å²) in [7, 11) is 0. The third-order valence-corrected chi connectivity index (χ3v) is 5.36. The van der Waals surface area contributed by atoms with Gasteiger partial charge in [-0.25, -0.2) is 8.78 Å². The molecule has 3 aromatic rings. The lowest BCUT2D eigenvalue weighted by molar-refractivity contribution is -0.260. The predicted octanol–water partition coefficient (Wildman–Crippen LogP) is 5.89. The fourth-order valence-electron chi connectivity index (χ4n) is 3.76. The molecule has 0 spiro atoms. The molecule has 1 unspecified atom stereocenters. The highest BCUT2D eigenvalue weighted by Crippen LogP contribution is 2.42. The lowest BCUT2D eigenvalue weighted by atomic mass is 9.74. The van der Waals surface area contributed by atoms with Crippen LogP contribution in [0, 0.1) is 18.6 Å². The van der Waals surface area contributed by atoms with E-state index in [9.17, 15) is 27.1 Å². The maximum absolute atomic E-state index is 14.2. The molecule has 0 saturated heterocycles. The van der Waals surface area contributed by atoms with Crippen molar-refractivity contribution in [3.8, 4) is 0 Å². The SMILES string of the molecule is Cc1ccc2c(NCC(O)(CC(C)(C)c3cc(F)ccc3F)C(F)(F)F)cccc2n1. The van der Waals surface area contributed by atoms with Crippen LogP contribution in [0.15, 0.2) is 48.5 Å². The van der Waals surface area contributed by atoms with Gasteiger partial charge in [-0.1, -0.05) is 19.9 Å². The van der Waals surface area contributed by atoms with E-state index in [2.05, 4.69) is 10.3 Å². The Hall–Kier alpha value is -2.74. The fourth-order valence-corrected chi connectivity index (χ4v) is 3.76. The van der Waals surface area contributed by atoms with Crippen LogP contribution < -0.4 is 5.32 Å². The van der Waals surface area contributed by atoms with Crippen molar-refractivity contribution in [1.82, 2.24) is 4.98 Å². The number of pyridine rings is 1. The Morgan fingerprint density at radius 1 is 1.00 bits per heavy atom. The molecule has 0 aliphatic carbocycles. The number of aliphatic hydroxyl groups is 1. The van der Waals surface area contributed by atoms with Gasteiger partial charge in [-0.05, 0) is 66.8 Å². The number of alkyl halides is 3. The molecule has 2 aromatic carbocycles. The van der Waals surface area contributed by atoms with Crippen molar-refractivity contribution >= 4 is 16.6 Å². The first kappa shape index (κ1) is 22.9. The average Bonchev–Trinajstić information content (AvgIpc) is 2.66. The minimum absolute atomic E-state index is 0.236. The first-order valence-electron chi connectivity index (χ1n) is 9.67. The maximum atomic E-state index is 14.2. The Labute approximate surface area is 176 Å². The minimum Gasteiger partial charge on any atom is -0.381 e. The number of rotatable bonds is 6. The topological polar surface area (TPSA) is 45.1 Å². The minimum atomic E-state index is -5.01. The van der Waals surface area contributed by atoms with E-state index in [1.807, 2.05) is 0 Å². The van der Waals surface area contributed by atoms with E-state index < -0.39 is 41.8 Å². The van der Waals surface area contributed by atoms with Crippen LogP contribution in [-0.2, 0) is 5.41 Å². The number of nitrogens with one attached hydrogen (secondary N) is 1. The summed E-state index contributed by atoms with van der Waals surface area (Å²) >= 11 is 0. The molecule has 0 aliphatic heterocycles. The van der Waals surface area contributed by atoms with Crippen LogP contribution in [0.4, 0.5) is 27.6 Å². The van der Waals surface area contributed by atoms with Gasteiger partial charge in [-0.2, -0.15) is 13.2 Å². The van der Waals surface area contributed by atoms with Crippen LogP contribution in [0.1, 0.15) is 31.5 Å². The predicted molar refractivity (Wildman–Crippen MR) is 110 cm³/mol. The van der Waals surface area contributed by atoms with Crippen LogP contribution in [0.5, 0.6) is 0 Å². The van der Waals surface area contributed by atoms with Gasteiger partial charge in [0.1, 0.15) is 11.6 Å². The molecule has 0 bridgehead atoms. The molecule has 0 aliphatic rings. The zero-order valence-corrected chi connectivity index (χ0v) is 17.3. The van der Waals surface area contributed by atoms with Crippen LogP contribution in [0.2, 0.25) is 0 Å². The highest BCUT2D eigenvalue weighted by molar-refractivity contribution is 5.91. The molecule has 0 radical (unpaired) electrons. The number of aromatic nitrogens is 1. The summed E-state index contributed by atoms with van der Waals surface area (Å²) < 4.78 is 69.7. The summed E-state index contributed by atoms with van der Waals surface area (Å²) in [5, 5.41) is 13.9. The van der Waals surface area contributed by atoms with E-state index in [0.29, 0.717) is 16.6 Å². The third-order valence-electron chi connectivity index (χ3n) is 5.36. The molecule has 2 N–H and O–H groups in total. The molecule has 31 heavy (non-hydrogen) atoms. The first-order valence-corrected chi connectivity index (χ1v) is 9.67. The summed E-state index contributed by atoms with van der Waals surface area (Å²) in [5.74, 6) is -1.60. The van der Waals surface area contributed by atoms with E-state index in [1.54, 1.807) is 37.3 Å². The van der Waals surface area contributed by atoms with E-state index in [-0.39, 0.29) is 5.56 Å². The Kier molecular flexibility index (Phi) is 5.97. The van der Waals surface area contributed by atoms with Gasteiger partial charge in [0.25, 0.3) is 0 Å². The molecule has 3 nitrogen and oxygen atoms in total. The zero-order chi connectivity index (χ0) is 23.0. The Morgan fingerprint density at radius 2 is 1.71 bits per heavy atom. The molecule has 1 atom stereocenters. The number of halogens is 5. The summed E-state index contributed by atoms with van der Waals surface area (Å²) in [6.07, 6.45) is -5.89. The van der Waals surface area contributed by atoms with Gasteiger partial charge in [0.15, 0.2) is 5.60 Å². The molecular weight excluding hydrogens is 415 g/mol. The lowest BCUT2D eigenvalue weighted by Gasteiger charge is -2.38. The van der Waals surface area contributed by atoms with Crippen molar-refractivity contribution in [3.05, 3.63) is 71.4 Å². The normalized spacial score (nSPS) is 14.5. The largest absolute Gasteiger partial charge is 0.418 e. The second kappa shape index (κ2) is 8.07. The number of nitrogens with zero attached hydrogens (tertiary/aromatic N) is 1. The highest BCUT2D eigenvalue weighted by atomic mass is 19.4. The van der Waals surface area contributed by atoms with Crippen molar-refractivity contribution in [2.75, 3.05) is 11.9 Å². The number of fused-ring (bicyclic) bond motifs is 1. The summed E-state index contributed by atoms with van der Waals surface area (Å²) in [4.78, 5) is 4.34. The van der Waals surface area contributed by atoms with Gasteiger partial charge in [-0.15, -0.1) is 0 Å². The van der Waals surface area contributed by atoms with Gasteiger partial charge >= 0.3 is 6.18 Å². The van der Waals surface area contributed by atoms with Crippen molar-refractivity contribution in [3.63, 3.8) is 0 Å². The average molecular weight is 438 g/mol. The Bertz CT molecular complexity index is 1100. The smallest absolute Gasteiger partial charge is 0.381 e. The second-order valence-electron chi connectivity index (χ2n) is 8.39. The molecule has 166 valence electrons. The lowest BCUT2D eigenvalue weighted by Crippen LogP contribution is -2.53. The molecule has 0 amide bonds. The molecule has 8 heteroatoms. The quantitative estimate of drug-likeness (QED) is 0.472. The number of benzene rings is 2. The van der Waals surface area contributed by atoms with Crippen LogP contribution >= 0.6 is 0 Å².